The third-order valence-electron chi connectivity index (χ3n) is 6.52. The first kappa shape index (κ1) is 24.3. The second-order valence-corrected chi connectivity index (χ2v) is 9.05. The number of anilines is 1. The van der Waals surface area contributed by atoms with Crippen molar-refractivity contribution in [2.75, 3.05) is 31.6 Å². The number of urea groups is 1. The number of carbonyl (C=O) groups is 1. The summed E-state index contributed by atoms with van der Waals surface area (Å²) < 4.78 is 0.698. The van der Waals surface area contributed by atoms with Gasteiger partial charge in [-0.3, -0.25) is 0 Å². The molecule has 0 aromatic heterocycles. The van der Waals surface area contributed by atoms with Gasteiger partial charge in [0.15, 0.2) is 0 Å². The quantitative estimate of drug-likeness (QED) is 0.276. The fourth-order valence-electron chi connectivity index (χ4n) is 4.75. The van der Waals surface area contributed by atoms with Crippen molar-refractivity contribution in [2.45, 2.75) is 64.2 Å². The molecule has 0 aliphatic carbocycles. The average molecular weight is 439 g/mol. The van der Waals surface area contributed by atoms with Crippen LogP contribution >= 0.6 is 0 Å². The molecule has 174 valence electrons. The van der Waals surface area contributed by atoms with Gasteiger partial charge in [0.05, 0.1) is 5.69 Å². The van der Waals surface area contributed by atoms with Crippen LogP contribution < -0.4 is 10.7 Å². The summed E-state index contributed by atoms with van der Waals surface area (Å²) in [5, 5.41) is 12.0. The number of quaternary nitrogens is 1. The van der Waals surface area contributed by atoms with Crippen LogP contribution in [0.5, 0.6) is 0 Å². The minimum atomic E-state index is -0.112. The topological polar surface area (TPSA) is 61.4 Å². The first-order valence-electron chi connectivity index (χ1n) is 12.4. The van der Waals surface area contributed by atoms with Crippen molar-refractivity contribution >= 4 is 11.7 Å². The van der Waals surface area contributed by atoms with Gasteiger partial charge in [-0.05, 0) is 50.2 Å². The van der Waals surface area contributed by atoms with Crippen LogP contribution in [0.15, 0.2) is 54.6 Å². The number of likely N-dealkylation sites (tertiary alicyclic amines) is 1. The Kier molecular flexibility index (Phi) is 10.0. The van der Waals surface area contributed by atoms with Crippen LogP contribution in [0.25, 0.3) is 11.1 Å². The Morgan fingerprint density at radius 2 is 1.41 bits per heavy atom. The third kappa shape index (κ3) is 7.64. The van der Waals surface area contributed by atoms with E-state index in [0.717, 1.165) is 55.7 Å². The van der Waals surface area contributed by atoms with E-state index in [-0.39, 0.29) is 6.03 Å². The van der Waals surface area contributed by atoms with Gasteiger partial charge in [-0.2, -0.15) is 5.43 Å². The van der Waals surface area contributed by atoms with Gasteiger partial charge in [0.2, 0.25) is 0 Å². The van der Waals surface area contributed by atoms with Crippen molar-refractivity contribution in [1.82, 2.24) is 5.43 Å². The monoisotopic (exact) mass is 438 g/mol. The Hall–Kier alpha value is -2.37. The smallest absolute Gasteiger partial charge is 0.363 e. The standard InChI is InChI=1S/C27H39N3O2/c31-23-15-5-3-1-2-4-12-20-30(21-13-7-14-22-30)29-27(32)28-26-19-11-10-18-25(26)24-16-8-6-9-17-24/h6,8-11,16-19,31H,1-5,7,12-15,20-23H2,(H-,28,29,32)/p+1. The van der Waals surface area contributed by atoms with Gasteiger partial charge < -0.3 is 10.4 Å². The first-order valence-corrected chi connectivity index (χ1v) is 12.4. The molecule has 0 spiro atoms. The molecule has 2 aromatic carbocycles. The highest BCUT2D eigenvalue weighted by molar-refractivity contribution is 5.93. The first-order chi connectivity index (χ1) is 15.7. The highest BCUT2D eigenvalue weighted by Gasteiger charge is 2.32. The number of hydrogen-bond donors (Lipinski definition) is 3. The molecule has 1 saturated heterocycles. The molecule has 2 aromatic rings. The molecule has 5 nitrogen and oxygen atoms in total. The maximum absolute atomic E-state index is 13.0. The lowest BCUT2D eigenvalue weighted by molar-refractivity contribution is -0.965. The molecule has 32 heavy (non-hydrogen) atoms. The normalized spacial score (nSPS) is 15.3. The largest absolute Gasteiger partial charge is 0.396 e. The van der Waals surface area contributed by atoms with Crippen molar-refractivity contribution in [2.24, 2.45) is 0 Å². The molecule has 1 fully saturated rings. The van der Waals surface area contributed by atoms with Gasteiger partial charge in [0, 0.05) is 12.2 Å². The second-order valence-electron chi connectivity index (χ2n) is 9.05. The molecule has 0 saturated carbocycles. The van der Waals surface area contributed by atoms with E-state index in [2.05, 4.69) is 28.9 Å². The van der Waals surface area contributed by atoms with Crippen LogP contribution in [0.4, 0.5) is 10.5 Å². The molecule has 0 unspecified atom stereocenters. The number of nitrogens with one attached hydrogen (secondary N) is 2. The predicted octanol–water partition coefficient (Wildman–Crippen LogP) is 6.11. The maximum Gasteiger partial charge on any atom is 0.363 e. The minimum absolute atomic E-state index is 0.112. The number of hydrogen-bond acceptors (Lipinski definition) is 2. The van der Waals surface area contributed by atoms with Gasteiger partial charge in [0.25, 0.3) is 0 Å². The van der Waals surface area contributed by atoms with Crippen LogP contribution in [-0.2, 0) is 0 Å². The molecule has 3 N–H and O–H groups in total. The molecule has 3 rings (SSSR count). The highest BCUT2D eigenvalue weighted by Crippen LogP contribution is 2.27. The van der Waals surface area contributed by atoms with Crippen LogP contribution in [0.1, 0.15) is 64.2 Å². The van der Waals surface area contributed by atoms with Crippen LogP contribution in [0, 0.1) is 0 Å². The lowest BCUT2D eigenvalue weighted by Crippen LogP contribution is -2.63. The highest BCUT2D eigenvalue weighted by atomic mass is 16.3. The van der Waals surface area contributed by atoms with Crippen molar-refractivity contribution in [3.8, 4) is 11.1 Å². The van der Waals surface area contributed by atoms with Gasteiger partial charge in [-0.25, -0.2) is 9.39 Å². The third-order valence-corrected chi connectivity index (χ3v) is 6.52. The number of nitrogens with zero attached hydrogens (tertiary/aromatic N) is 1. The van der Waals surface area contributed by atoms with E-state index in [4.69, 9.17) is 5.11 Å². The molecule has 0 radical (unpaired) electrons. The van der Waals surface area contributed by atoms with E-state index in [1.54, 1.807) is 0 Å². The van der Waals surface area contributed by atoms with Gasteiger partial charge in [-0.15, -0.1) is 0 Å². The van der Waals surface area contributed by atoms with Crippen LogP contribution in [-0.4, -0.2) is 42.0 Å². The zero-order valence-electron chi connectivity index (χ0n) is 19.4. The predicted molar refractivity (Wildman–Crippen MR) is 132 cm³/mol. The van der Waals surface area contributed by atoms with Crippen molar-refractivity contribution in [1.29, 1.82) is 0 Å². The number of rotatable bonds is 12. The van der Waals surface area contributed by atoms with Crippen molar-refractivity contribution in [3.63, 3.8) is 0 Å². The van der Waals surface area contributed by atoms with E-state index in [9.17, 15) is 4.79 Å². The zero-order chi connectivity index (χ0) is 22.5. The van der Waals surface area contributed by atoms with E-state index >= 15 is 0 Å². The summed E-state index contributed by atoms with van der Waals surface area (Å²) in [6.07, 6.45) is 11.7. The van der Waals surface area contributed by atoms with Gasteiger partial charge in [0.1, 0.15) is 19.6 Å². The fraction of sp³-hybridized carbons (Fsp3) is 0.519. The number of carbonyl (C=O) groups excluding carboxylic acids is 1. The SMILES string of the molecule is O=C(Nc1ccccc1-c1ccccc1)N[N+]1(CCCCCCCCCO)CCCCC1. The number of para-hydroxylation sites is 1. The molecule has 1 aliphatic heterocycles. The molecule has 2 amide bonds. The van der Waals surface area contributed by atoms with Gasteiger partial charge in [-0.1, -0.05) is 74.2 Å². The Bertz CT molecular complexity index is 804. The molecular weight excluding hydrogens is 398 g/mol. The minimum Gasteiger partial charge on any atom is -0.396 e. The summed E-state index contributed by atoms with van der Waals surface area (Å²) >= 11 is 0. The number of piperidine rings is 1. The molecule has 1 heterocycles. The van der Waals surface area contributed by atoms with Crippen LogP contribution in [0.2, 0.25) is 0 Å². The Balaban J connectivity index is 1.54. The Labute approximate surface area is 193 Å². The summed E-state index contributed by atoms with van der Waals surface area (Å²) in [4.78, 5) is 13.0. The maximum atomic E-state index is 13.0. The summed E-state index contributed by atoms with van der Waals surface area (Å²) in [5.74, 6) is 0. The number of aliphatic hydroxyl groups excluding tert-OH is 1. The van der Waals surface area contributed by atoms with E-state index in [1.165, 1.54) is 44.9 Å². The number of unbranched alkanes of at least 4 members (excludes halogenated alkanes) is 6. The average Bonchev–Trinajstić information content (AvgIpc) is 2.82. The molecular formula is C27H40N3O2+. The van der Waals surface area contributed by atoms with E-state index < -0.39 is 0 Å². The molecule has 1 aliphatic rings. The number of amides is 2. The fourth-order valence-corrected chi connectivity index (χ4v) is 4.75. The molecule has 0 bridgehead atoms. The summed E-state index contributed by atoms with van der Waals surface area (Å²) in [6, 6.07) is 18.1. The van der Waals surface area contributed by atoms with Crippen molar-refractivity contribution < 1.29 is 14.5 Å². The summed E-state index contributed by atoms with van der Waals surface area (Å²) in [7, 11) is 0. The van der Waals surface area contributed by atoms with Crippen molar-refractivity contribution in [3.05, 3.63) is 54.6 Å². The summed E-state index contributed by atoms with van der Waals surface area (Å²) in [6.45, 7) is 3.35. The number of benzene rings is 2. The summed E-state index contributed by atoms with van der Waals surface area (Å²) in [5.41, 5.74) is 6.32. The lowest BCUT2D eigenvalue weighted by Gasteiger charge is -2.40. The second kappa shape index (κ2) is 13.2. The molecule has 5 heteroatoms. The number of aliphatic hydroxyl groups is 1. The van der Waals surface area contributed by atoms with Gasteiger partial charge >= 0.3 is 6.03 Å². The lowest BCUT2D eigenvalue weighted by atomic mass is 10.0. The Morgan fingerprint density at radius 3 is 2.12 bits per heavy atom. The van der Waals surface area contributed by atoms with E-state index in [1.807, 2.05) is 36.4 Å². The zero-order valence-corrected chi connectivity index (χ0v) is 19.4. The Morgan fingerprint density at radius 1 is 0.781 bits per heavy atom. The van der Waals surface area contributed by atoms with Crippen LogP contribution in [0.3, 0.4) is 0 Å². The molecule has 0 atom stereocenters. The van der Waals surface area contributed by atoms with E-state index in [0.29, 0.717) is 11.2 Å².